The third kappa shape index (κ3) is 3.51. The summed E-state index contributed by atoms with van der Waals surface area (Å²) >= 11 is 3.47. The van der Waals surface area contributed by atoms with Crippen LogP contribution in [0.2, 0.25) is 0 Å². The zero-order valence-corrected chi connectivity index (χ0v) is 13.5. The van der Waals surface area contributed by atoms with Gasteiger partial charge < -0.3 is 5.73 Å². The van der Waals surface area contributed by atoms with E-state index < -0.39 is 6.03 Å². The topological polar surface area (TPSA) is 93.3 Å². The lowest BCUT2D eigenvalue weighted by Crippen LogP contribution is -2.24. The monoisotopic (exact) mass is 369 g/mol. The lowest BCUT2D eigenvalue weighted by Gasteiger charge is -2.07. The first-order valence-electron chi connectivity index (χ1n) is 6.75. The summed E-state index contributed by atoms with van der Waals surface area (Å²) in [5.41, 5.74) is 9.64. The number of aromatic nitrogens is 2. The highest BCUT2D eigenvalue weighted by molar-refractivity contribution is 9.10. The average Bonchev–Trinajstić information content (AvgIpc) is 2.55. The van der Waals surface area contributed by atoms with Crippen LogP contribution in [0.3, 0.4) is 0 Å². The molecule has 0 aliphatic heterocycles. The lowest BCUT2D eigenvalue weighted by molar-refractivity contribution is 0.249. The van der Waals surface area contributed by atoms with Crippen LogP contribution in [0.1, 0.15) is 5.82 Å². The van der Waals surface area contributed by atoms with Gasteiger partial charge >= 0.3 is 6.03 Å². The highest BCUT2D eigenvalue weighted by Crippen LogP contribution is 2.28. The van der Waals surface area contributed by atoms with Gasteiger partial charge in [-0.3, -0.25) is 0 Å². The highest BCUT2D eigenvalue weighted by Gasteiger charge is 2.09. The number of benzene rings is 2. The highest BCUT2D eigenvalue weighted by atomic mass is 79.9. The normalized spacial score (nSPS) is 11.0. The molecule has 2 amide bonds. The van der Waals surface area contributed by atoms with E-state index in [-0.39, 0.29) is 0 Å². The standard InChI is InChI=1S/C16H12BrN5O/c17-11-6-7-13-12(8-11)15(10-4-2-1-3-5-10)21-14(20-13)9-19-22-16(18)23/h1-9H,(H3,18,22,23)/b19-9+. The number of urea groups is 1. The molecule has 0 saturated heterocycles. The van der Waals surface area contributed by atoms with Gasteiger partial charge in [-0.2, -0.15) is 5.10 Å². The second-order valence-corrected chi connectivity index (χ2v) is 5.61. The van der Waals surface area contributed by atoms with Crippen molar-refractivity contribution in [2.45, 2.75) is 0 Å². The maximum absolute atomic E-state index is 10.7. The SMILES string of the molecule is NC(=O)N/N=C/c1nc(-c2ccccc2)c2cc(Br)ccc2n1. The van der Waals surface area contributed by atoms with E-state index >= 15 is 0 Å². The number of hydrogen-bond donors (Lipinski definition) is 2. The van der Waals surface area contributed by atoms with E-state index in [9.17, 15) is 4.79 Å². The Balaban J connectivity index is 2.16. The second kappa shape index (κ2) is 6.53. The van der Waals surface area contributed by atoms with Gasteiger partial charge in [-0.15, -0.1) is 0 Å². The molecule has 114 valence electrons. The fraction of sp³-hybridized carbons (Fsp3) is 0. The minimum atomic E-state index is -0.741. The summed E-state index contributed by atoms with van der Waals surface area (Å²) in [5.74, 6) is 0.382. The van der Waals surface area contributed by atoms with Crippen molar-refractivity contribution >= 4 is 39.1 Å². The zero-order chi connectivity index (χ0) is 16.2. The van der Waals surface area contributed by atoms with Crippen molar-refractivity contribution in [2.75, 3.05) is 0 Å². The predicted octanol–water partition coefficient (Wildman–Crippen LogP) is 3.06. The van der Waals surface area contributed by atoms with E-state index in [1.165, 1.54) is 6.21 Å². The van der Waals surface area contributed by atoms with Gasteiger partial charge in [0.25, 0.3) is 0 Å². The molecule has 0 atom stereocenters. The maximum atomic E-state index is 10.7. The molecule has 3 N–H and O–H groups in total. The number of hydrazone groups is 1. The van der Waals surface area contributed by atoms with Gasteiger partial charge in [-0.1, -0.05) is 46.3 Å². The molecule has 0 aliphatic rings. The van der Waals surface area contributed by atoms with Gasteiger partial charge in [-0.05, 0) is 18.2 Å². The van der Waals surface area contributed by atoms with E-state index in [0.29, 0.717) is 5.82 Å². The van der Waals surface area contributed by atoms with E-state index in [0.717, 1.165) is 26.6 Å². The van der Waals surface area contributed by atoms with E-state index in [1.807, 2.05) is 48.5 Å². The summed E-state index contributed by atoms with van der Waals surface area (Å²) in [6.45, 7) is 0. The molecule has 0 bridgehead atoms. The molecule has 23 heavy (non-hydrogen) atoms. The molecule has 1 aromatic heterocycles. The fourth-order valence-corrected chi connectivity index (χ4v) is 2.51. The molecular formula is C16H12BrN5O. The van der Waals surface area contributed by atoms with Crippen LogP contribution in [0, 0.1) is 0 Å². The molecule has 6 nitrogen and oxygen atoms in total. The molecule has 0 aliphatic carbocycles. The minimum Gasteiger partial charge on any atom is -0.350 e. The number of hydrogen-bond acceptors (Lipinski definition) is 4. The molecule has 1 heterocycles. The number of nitrogens with two attached hydrogens (primary N) is 1. The number of nitrogens with zero attached hydrogens (tertiary/aromatic N) is 3. The lowest BCUT2D eigenvalue weighted by atomic mass is 10.1. The number of primary amides is 1. The van der Waals surface area contributed by atoms with Gasteiger partial charge in [0.05, 0.1) is 17.4 Å². The first kappa shape index (κ1) is 15.1. The van der Waals surface area contributed by atoms with Crippen LogP contribution in [-0.4, -0.2) is 22.2 Å². The molecule has 3 aromatic rings. The molecule has 2 aromatic carbocycles. The van der Waals surface area contributed by atoms with Gasteiger partial charge in [0.2, 0.25) is 0 Å². The third-order valence-electron chi connectivity index (χ3n) is 3.08. The Labute approximate surface area is 140 Å². The number of carbonyl (C=O) groups excluding carboxylic acids is 1. The Morgan fingerprint density at radius 3 is 2.70 bits per heavy atom. The van der Waals surface area contributed by atoms with Crippen molar-refractivity contribution in [3.05, 3.63) is 58.8 Å². The van der Waals surface area contributed by atoms with E-state index in [1.54, 1.807) is 0 Å². The molecule has 0 fully saturated rings. The first-order chi connectivity index (χ1) is 11.1. The molecule has 3 rings (SSSR count). The molecule has 7 heteroatoms. The van der Waals surface area contributed by atoms with Crippen molar-refractivity contribution in [1.29, 1.82) is 0 Å². The van der Waals surface area contributed by atoms with Crippen molar-refractivity contribution in [3.63, 3.8) is 0 Å². The Bertz CT molecular complexity index is 896. The number of amides is 2. The summed E-state index contributed by atoms with van der Waals surface area (Å²) in [7, 11) is 0. The summed E-state index contributed by atoms with van der Waals surface area (Å²) in [5, 5.41) is 4.64. The second-order valence-electron chi connectivity index (χ2n) is 4.69. The third-order valence-corrected chi connectivity index (χ3v) is 3.57. The summed E-state index contributed by atoms with van der Waals surface area (Å²) in [6.07, 6.45) is 1.36. The first-order valence-corrected chi connectivity index (χ1v) is 7.54. The van der Waals surface area contributed by atoms with E-state index in [2.05, 4.69) is 36.4 Å². The van der Waals surface area contributed by atoms with Crippen molar-refractivity contribution in [3.8, 4) is 11.3 Å². The predicted molar refractivity (Wildman–Crippen MR) is 93.0 cm³/mol. The van der Waals surface area contributed by atoms with Gasteiger partial charge in [-0.25, -0.2) is 20.2 Å². The summed E-state index contributed by atoms with van der Waals surface area (Å²) in [6, 6.07) is 14.8. The smallest absolute Gasteiger partial charge is 0.332 e. The van der Waals surface area contributed by atoms with Gasteiger partial charge in [0, 0.05) is 15.4 Å². The number of nitrogens with one attached hydrogen (secondary N) is 1. The Morgan fingerprint density at radius 1 is 1.17 bits per heavy atom. The van der Waals surface area contributed by atoms with Crippen molar-refractivity contribution in [2.24, 2.45) is 10.8 Å². The van der Waals surface area contributed by atoms with E-state index in [4.69, 9.17) is 5.73 Å². The van der Waals surface area contributed by atoms with Crippen molar-refractivity contribution in [1.82, 2.24) is 15.4 Å². The van der Waals surface area contributed by atoms with Gasteiger partial charge in [0.1, 0.15) is 0 Å². The molecule has 0 spiro atoms. The Hall–Kier alpha value is -2.80. The zero-order valence-electron chi connectivity index (χ0n) is 11.9. The van der Waals surface area contributed by atoms with Crippen LogP contribution < -0.4 is 11.2 Å². The number of halogens is 1. The number of fused-ring (bicyclic) bond motifs is 1. The van der Waals surface area contributed by atoms with Gasteiger partial charge in [0.15, 0.2) is 5.82 Å². The number of rotatable bonds is 3. The van der Waals surface area contributed by atoms with Crippen LogP contribution in [0.15, 0.2) is 58.1 Å². The summed E-state index contributed by atoms with van der Waals surface area (Å²) < 4.78 is 0.947. The molecule has 0 saturated carbocycles. The van der Waals surface area contributed by atoms with Crippen LogP contribution in [0.5, 0.6) is 0 Å². The fourth-order valence-electron chi connectivity index (χ4n) is 2.15. The van der Waals surface area contributed by atoms with Crippen LogP contribution in [0.25, 0.3) is 22.2 Å². The molecular weight excluding hydrogens is 358 g/mol. The Kier molecular flexibility index (Phi) is 4.29. The van der Waals surface area contributed by atoms with Crippen LogP contribution >= 0.6 is 15.9 Å². The molecule has 0 radical (unpaired) electrons. The quantitative estimate of drug-likeness (QED) is 0.548. The Morgan fingerprint density at radius 2 is 1.96 bits per heavy atom. The average molecular weight is 370 g/mol. The molecule has 0 unspecified atom stereocenters. The largest absolute Gasteiger partial charge is 0.350 e. The minimum absolute atomic E-state index is 0.382. The summed E-state index contributed by atoms with van der Waals surface area (Å²) in [4.78, 5) is 19.6. The van der Waals surface area contributed by atoms with Crippen molar-refractivity contribution < 1.29 is 4.79 Å². The van der Waals surface area contributed by atoms with Crippen LogP contribution in [0.4, 0.5) is 4.79 Å². The maximum Gasteiger partial charge on any atom is 0.332 e. The number of carbonyl (C=O) groups is 1. The van der Waals surface area contributed by atoms with Crippen LogP contribution in [-0.2, 0) is 0 Å².